The Morgan fingerprint density at radius 1 is 1.17 bits per heavy atom. The summed E-state index contributed by atoms with van der Waals surface area (Å²) in [6.45, 7) is 1.22. The molecule has 0 atom stereocenters. The van der Waals surface area contributed by atoms with Gasteiger partial charge < -0.3 is 9.47 Å². The van der Waals surface area contributed by atoms with Gasteiger partial charge in [0.2, 0.25) is 0 Å². The van der Waals surface area contributed by atoms with Gasteiger partial charge in [-0.1, -0.05) is 0 Å². The number of hydrogen-bond acceptors (Lipinski definition) is 4. The molecule has 0 spiro atoms. The smallest absolute Gasteiger partial charge is 0.194 e. The van der Waals surface area contributed by atoms with Gasteiger partial charge in [0.25, 0.3) is 0 Å². The van der Waals surface area contributed by atoms with Gasteiger partial charge in [0, 0.05) is 23.3 Å². The minimum atomic E-state index is 0.606. The lowest BCUT2D eigenvalue weighted by Crippen LogP contribution is -2.15. The van der Waals surface area contributed by atoms with Crippen LogP contribution in [0.25, 0.3) is 16.2 Å². The molecule has 4 nitrogen and oxygen atoms in total. The van der Waals surface area contributed by atoms with Crippen molar-refractivity contribution in [2.75, 3.05) is 13.2 Å². The average Bonchev–Trinajstić information content (AvgIpc) is 2.99. The first-order chi connectivity index (χ1) is 8.90. The molecule has 1 aliphatic heterocycles. The number of imidazole rings is 1. The molecule has 3 aromatic rings. The van der Waals surface area contributed by atoms with Crippen LogP contribution in [0.3, 0.4) is 0 Å². The van der Waals surface area contributed by atoms with Crippen molar-refractivity contribution in [2.24, 2.45) is 0 Å². The quantitative estimate of drug-likeness (QED) is 0.673. The first-order valence-electron chi connectivity index (χ1n) is 5.72. The van der Waals surface area contributed by atoms with Gasteiger partial charge in [-0.2, -0.15) is 0 Å². The highest BCUT2D eigenvalue weighted by molar-refractivity contribution is 7.15. The van der Waals surface area contributed by atoms with Gasteiger partial charge in [0.05, 0.1) is 5.69 Å². The number of benzene rings is 1. The van der Waals surface area contributed by atoms with Crippen molar-refractivity contribution in [2.45, 2.75) is 0 Å². The number of nitrogens with zero attached hydrogens (tertiary/aromatic N) is 2. The van der Waals surface area contributed by atoms with E-state index in [1.807, 2.05) is 40.4 Å². The molecule has 2 aromatic heterocycles. The molecule has 3 heterocycles. The second-order valence-electron chi connectivity index (χ2n) is 4.08. The third kappa shape index (κ3) is 1.48. The number of ether oxygens (including phenoxy) is 2. The van der Waals surface area contributed by atoms with Gasteiger partial charge in [-0.05, 0) is 18.2 Å². The maximum atomic E-state index is 5.58. The summed E-state index contributed by atoms with van der Waals surface area (Å²) in [5.74, 6) is 1.61. The van der Waals surface area contributed by atoms with E-state index in [0.717, 1.165) is 27.7 Å². The molecule has 90 valence electrons. The van der Waals surface area contributed by atoms with E-state index >= 15 is 0 Å². The summed E-state index contributed by atoms with van der Waals surface area (Å²) in [7, 11) is 0. The zero-order valence-electron chi connectivity index (χ0n) is 9.50. The van der Waals surface area contributed by atoms with Gasteiger partial charge in [-0.15, -0.1) is 11.3 Å². The van der Waals surface area contributed by atoms with Gasteiger partial charge in [0.1, 0.15) is 13.2 Å². The topological polar surface area (TPSA) is 35.8 Å². The average molecular weight is 258 g/mol. The molecule has 5 heteroatoms. The molecule has 1 aliphatic rings. The fraction of sp³-hybridized carbons (Fsp3) is 0.154. The molecule has 1 aromatic carbocycles. The number of aromatic nitrogens is 2. The van der Waals surface area contributed by atoms with Crippen molar-refractivity contribution < 1.29 is 9.47 Å². The lowest BCUT2D eigenvalue weighted by molar-refractivity contribution is 0.171. The summed E-state index contributed by atoms with van der Waals surface area (Å²) in [6.07, 6.45) is 4.03. The van der Waals surface area contributed by atoms with E-state index in [9.17, 15) is 0 Å². The number of thiazole rings is 1. The van der Waals surface area contributed by atoms with Crippen molar-refractivity contribution in [1.29, 1.82) is 0 Å². The Morgan fingerprint density at radius 3 is 2.94 bits per heavy atom. The van der Waals surface area contributed by atoms with E-state index in [1.165, 1.54) is 0 Å². The van der Waals surface area contributed by atoms with E-state index in [4.69, 9.17) is 9.47 Å². The summed E-state index contributed by atoms with van der Waals surface area (Å²) in [4.78, 5) is 5.58. The van der Waals surface area contributed by atoms with Crippen LogP contribution in [0.1, 0.15) is 0 Å². The number of hydrogen-bond donors (Lipinski definition) is 0. The van der Waals surface area contributed by atoms with E-state index in [0.29, 0.717) is 13.2 Å². The molecule has 0 amide bonds. The Balaban J connectivity index is 1.82. The van der Waals surface area contributed by atoms with Crippen LogP contribution >= 0.6 is 11.3 Å². The molecule has 4 rings (SSSR count). The summed E-state index contributed by atoms with van der Waals surface area (Å²) in [6, 6.07) is 5.94. The second-order valence-corrected chi connectivity index (χ2v) is 4.95. The molecular weight excluding hydrogens is 248 g/mol. The van der Waals surface area contributed by atoms with E-state index < -0.39 is 0 Å². The maximum absolute atomic E-state index is 5.58. The van der Waals surface area contributed by atoms with Gasteiger partial charge in [0.15, 0.2) is 16.5 Å². The standard InChI is InChI=1S/C13H10N2O2S/c1-2-11-12(17-5-4-16-11)7-9(1)10-8-15-3-6-18-13(15)14-10/h1-3,6-8H,4-5H2. The summed E-state index contributed by atoms with van der Waals surface area (Å²) >= 11 is 1.63. The van der Waals surface area contributed by atoms with Crippen LogP contribution in [0.4, 0.5) is 0 Å². The fourth-order valence-corrected chi connectivity index (χ4v) is 2.77. The lowest BCUT2D eigenvalue weighted by atomic mass is 10.1. The third-order valence-corrected chi connectivity index (χ3v) is 3.70. The van der Waals surface area contributed by atoms with Crippen molar-refractivity contribution in [3.63, 3.8) is 0 Å². The maximum Gasteiger partial charge on any atom is 0.194 e. The molecule has 0 saturated carbocycles. The predicted molar refractivity (Wildman–Crippen MR) is 69.5 cm³/mol. The van der Waals surface area contributed by atoms with E-state index in [-0.39, 0.29) is 0 Å². The van der Waals surface area contributed by atoms with Crippen LogP contribution in [0.2, 0.25) is 0 Å². The Labute approximate surface area is 107 Å². The third-order valence-electron chi connectivity index (χ3n) is 2.93. The zero-order valence-corrected chi connectivity index (χ0v) is 10.3. The number of rotatable bonds is 1. The summed E-state index contributed by atoms with van der Waals surface area (Å²) in [5, 5.41) is 2.02. The SMILES string of the molecule is c1cn2cc(-c3ccc4c(c3)OCCO4)nc2s1. The Morgan fingerprint density at radius 2 is 2.06 bits per heavy atom. The highest BCUT2D eigenvalue weighted by Crippen LogP contribution is 2.34. The fourth-order valence-electron chi connectivity index (χ4n) is 2.07. The monoisotopic (exact) mass is 258 g/mol. The molecule has 0 unspecified atom stereocenters. The first kappa shape index (κ1) is 9.96. The second kappa shape index (κ2) is 3.74. The van der Waals surface area contributed by atoms with Crippen molar-refractivity contribution in [1.82, 2.24) is 9.38 Å². The van der Waals surface area contributed by atoms with Crippen LogP contribution < -0.4 is 9.47 Å². The lowest BCUT2D eigenvalue weighted by Gasteiger charge is -2.18. The highest BCUT2D eigenvalue weighted by Gasteiger charge is 2.13. The Kier molecular flexibility index (Phi) is 2.07. The minimum absolute atomic E-state index is 0.606. The van der Waals surface area contributed by atoms with Gasteiger partial charge in [-0.25, -0.2) is 4.98 Å². The van der Waals surface area contributed by atoms with Crippen molar-refractivity contribution in [3.8, 4) is 22.8 Å². The highest BCUT2D eigenvalue weighted by atomic mass is 32.1. The molecule has 0 aliphatic carbocycles. The van der Waals surface area contributed by atoms with E-state index in [1.54, 1.807) is 11.3 Å². The molecule has 0 bridgehead atoms. The largest absolute Gasteiger partial charge is 0.486 e. The Bertz CT molecular complexity index is 688. The van der Waals surface area contributed by atoms with Crippen molar-refractivity contribution in [3.05, 3.63) is 36.0 Å². The normalized spacial score (nSPS) is 14.0. The van der Waals surface area contributed by atoms with Gasteiger partial charge in [-0.3, -0.25) is 4.40 Å². The van der Waals surface area contributed by atoms with Crippen molar-refractivity contribution >= 4 is 16.3 Å². The number of fused-ring (bicyclic) bond motifs is 2. The Hall–Kier alpha value is -2.01. The zero-order chi connectivity index (χ0) is 11.9. The van der Waals surface area contributed by atoms with E-state index in [2.05, 4.69) is 4.98 Å². The molecular formula is C13H10N2O2S. The molecule has 0 saturated heterocycles. The molecule has 0 N–H and O–H groups in total. The molecule has 0 fully saturated rings. The van der Waals surface area contributed by atoms with Gasteiger partial charge >= 0.3 is 0 Å². The predicted octanol–water partition coefficient (Wildman–Crippen LogP) is 2.83. The van der Waals surface area contributed by atoms with Crippen LogP contribution in [-0.2, 0) is 0 Å². The van der Waals surface area contributed by atoms with Crippen LogP contribution in [0.5, 0.6) is 11.5 Å². The van der Waals surface area contributed by atoms with Crippen LogP contribution in [0.15, 0.2) is 36.0 Å². The summed E-state index contributed by atoms with van der Waals surface area (Å²) < 4.78 is 13.1. The minimum Gasteiger partial charge on any atom is -0.486 e. The van der Waals surface area contributed by atoms with Crippen LogP contribution in [-0.4, -0.2) is 22.6 Å². The van der Waals surface area contributed by atoms with Crippen LogP contribution in [0, 0.1) is 0 Å². The summed E-state index contributed by atoms with van der Waals surface area (Å²) in [5.41, 5.74) is 2.01. The first-order valence-corrected chi connectivity index (χ1v) is 6.60. The molecule has 18 heavy (non-hydrogen) atoms. The molecule has 0 radical (unpaired) electrons.